The molecule has 8 heteroatoms. The highest BCUT2D eigenvalue weighted by molar-refractivity contribution is 6.06. The third-order valence-electron chi connectivity index (χ3n) is 5.99. The molecule has 2 unspecified atom stereocenters. The van der Waals surface area contributed by atoms with Crippen LogP contribution >= 0.6 is 0 Å². The van der Waals surface area contributed by atoms with Crippen LogP contribution in [0.25, 0.3) is 10.9 Å². The number of aromatic amines is 1. The zero-order valence-electron chi connectivity index (χ0n) is 16.5. The highest BCUT2D eigenvalue weighted by Gasteiger charge is 2.34. The first kappa shape index (κ1) is 18.8. The van der Waals surface area contributed by atoms with Crippen molar-refractivity contribution in [3.8, 4) is 0 Å². The van der Waals surface area contributed by atoms with Crippen LogP contribution in [0.5, 0.6) is 0 Å². The van der Waals surface area contributed by atoms with Crippen LogP contribution in [0.2, 0.25) is 0 Å². The summed E-state index contributed by atoms with van der Waals surface area (Å²) >= 11 is 0. The Morgan fingerprint density at radius 1 is 0.967 bits per heavy atom. The molecule has 0 radical (unpaired) electrons. The third kappa shape index (κ3) is 3.44. The predicted octanol–water partition coefficient (Wildman–Crippen LogP) is 1.46. The number of carbonyl (C=O) groups excluding carboxylic acids is 2. The first-order valence-corrected chi connectivity index (χ1v) is 10.3. The minimum absolute atomic E-state index is 0.0181. The number of hydrogen-bond acceptors (Lipinski definition) is 5. The Kier molecular flexibility index (Phi) is 4.94. The minimum Gasteiger partial charge on any atom is -0.361 e. The maximum atomic E-state index is 13.0. The summed E-state index contributed by atoms with van der Waals surface area (Å²) < 4.78 is 0. The highest BCUT2D eigenvalue weighted by Crippen LogP contribution is 2.23. The lowest BCUT2D eigenvalue weighted by atomic mass is 10.0. The summed E-state index contributed by atoms with van der Waals surface area (Å²) in [4.78, 5) is 37.0. The fraction of sp³-hybridized carbons (Fsp3) is 0.318. The number of aromatic nitrogens is 2. The van der Waals surface area contributed by atoms with Crippen LogP contribution in [0.4, 0.5) is 0 Å². The highest BCUT2D eigenvalue weighted by atomic mass is 16.2. The van der Waals surface area contributed by atoms with Gasteiger partial charge in [0.05, 0.1) is 0 Å². The molecule has 2 fully saturated rings. The summed E-state index contributed by atoms with van der Waals surface area (Å²) in [6, 6.07) is 11.4. The molecule has 30 heavy (non-hydrogen) atoms. The number of nitrogens with one attached hydrogen (secondary N) is 3. The Morgan fingerprint density at radius 2 is 1.80 bits per heavy atom. The van der Waals surface area contributed by atoms with E-state index in [1.165, 1.54) is 0 Å². The fourth-order valence-corrected chi connectivity index (χ4v) is 4.31. The lowest BCUT2D eigenvalue weighted by molar-refractivity contribution is -0.134. The molecule has 2 saturated heterocycles. The first-order chi connectivity index (χ1) is 14.7. The van der Waals surface area contributed by atoms with Crippen molar-refractivity contribution < 1.29 is 9.59 Å². The molecule has 0 aliphatic carbocycles. The molecular weight excluding hydrogens is 380 g/mol. The molecule has 2 aromatic heterocycles. The van der Waals surface area contributed by atoms with Gasteiger partial charge in [0, 0.05) is 67.3 Å². The number of hydrogen-bond donors (Lipinski definition) is 3. The number of benzene rings is 1. The van der Waals surface area contributed by atoms with Gasteiger partial charge in [0.1, 0.15) is 6.04 Å². The molecule has 5 rings (SSSR count). The summed E-state index contributed by atoms with van der Waals surface area (Å²) in [5, 5.41) is 0.934. The molecule has 2 atom stereocenters. The second-order valence-electron chi connectivity index (χ2n) is 7.78. The van der Waals surface area contributed by atoms with E-state index >= 15 is 0 Å². The third-order valence-corrected chi connectivity index (χ3v) is 5.99. The van der Waals surface area contributed by atoms with Gasteiger partial charge in [-0.3, -0.25) is 14.6 Å². The largest absolute Gasteiger partial charge is 0.361 e. The van der Waals surface area contributed by atoms with E-state index in [1.54, 1.807) is 6.20 Å². The van der Waals surface area contributed by atoms with Crippen molar-refractivity contribution in [2.45, 2.75) is 18.5 Å². The number of hydrazine groups is 1. The summed E-state index contributed by atoms with van der Waals surface area (Å²) in [6.07, 6.45) is 6.09. The van der Waals surface area contributed by atoms with E-state index in [-0.39, 0.29) is 23.9 Å². The molecule has 0 bridgehead atoms. The molecule has 154 valence electrons. The summed E-state index contributed by atoms with van der Waals surface area (Å²) in [7, 11) is 0. The summed E-state index contributed by atoms with van der Waals surface area (Å²) in [5.74, 6) is 0.0957. The number of nitrogens with zero attached hydrogens (tertiary/aromatic N) is 3. The van der Waals surface area contributed by atoms with Crippen LogP contribution < -0.4 is 10.9 Å². The molecule has 2 amide bonds. The second kappa shape index (κ2) is 7.89. The van der Waals surface area contributed by atoms with E-state index in [2.05, 4.69) is 20.8 Å². The van der Waals surface area contributed by atoms with Crippen molar-refractivity contribution in [2.75, 3.05) is 26.2 Å². The van der Waals surface area contributed by atoms with Crippen molar-refractivity contribution in [2.24, 2.45) is 0 Å². The van der Waals surface area contributed by atoms with E-state index < -0.39 is 0 Å². The van der Waals surface area contributed by atoms with Crippen molar-refractivity contribution >= 4 is 22.7 Å². The molecule has 2 aliphatic heterocycles. The molecule has 1 aromatic carbocycles. The standard InChI is InChI=1S/C22H24N6O2/c29-21(17-4-1-5-18-16(17)6-8-24-18)27-9-11-28(12-10-27)22(30)20-13-19(25-26-20)15-3-2-7-23-14-15/h1-8,14,19-20,24-26H,9-13H2. The first-order valence-electron chi connectivity index (χ1n) is 10.3. The average Bonchev–Trinajstić information content (AvgIpc) is 3.48. The molecule has 8 nitrogen and oxygen atoms in total. The van der Waals surface area contributed by atoms with E-state index in [4.69, 9.17) is 0 Å². The van der Waals surface area contributed by atoms with Crippen LogP contribution in [-0.2, 0) is 4.79 Å². The van der Waals surface area contributed by atoms with Gasteiger partial charge in [-0.25, -0.2) is 10.9 Å². The molecule has 0 saturated carbocycles. The quantitative estimate of drug-likeness (QED) is 0.615. The molecule has 3 N–H and O–H groups in total. The van der Waals surface area contributed by atoms with Gasteiger partial charge in [0.15, 0.2) is 0 Å². The van der Waals surface area contributed by atoms with Crippen molar-refractivity contribution in [1.82, 2.24) is 30.6 Å². The molecule has 2 aliphatic rings. The zero-order valence-corrected chi connectivity index (χ0v) is 16.5. The number of H-pyrrole nitrogens is 1. The summed E-state index contributed by atoms with van der Waals surface area (Å²) in [6.45, 7) is 2.17. The normalized spacial score (nSPS) is 21.9. The van der Waals surface area contributed by atoms with E-state index in [9.17, 15) is 9.59 Å². The van der Waals surface area contributed by atoms with Gasteiger partial charge in [0.25, 0.3) is 5.91 Å². The SMILES string of the molecule is O=C(c1cccc2[nH]ccc12)N1CCN(C(=O)C2CC(c3cccnc3)NN2)CC1. The van der Waals surface area contributed by atoms with Crippen LogP contribution in [0.15, 0.2) is 55.0 Å². The Hall–Kier alpha value is -3.23. The maximum Gasteiger partial charge on any atom is 0.254 e. The Morgan fingerprint density at radius 3 is 2.60 bits per heavy atom. The van der Waals surface area contributed by atoms with Crippen LogP contribution in [0.3, 0.4) is 0 Å². The Labute approximate surface area is 174 Å². The van der Waals surface area contributed by atoms with E-state index in [0.29, 0.717) is 38.2 Å². The van der Waals surface area contributed by atoms with Crippen LogP contribution in [-0.4, -0.2) is 63.8 Å². The lowest BCUT2D eigenvalue weighted by Gasteiger charge is -2.36. The smallest absolute Gasteiger partial charge is 0.254 e. The van der Waals surface area contributed by atoms with Gasteiger partial charge in [-0.1, -0.05) is 12.1 Å². The van der Waals surface area contributed by atoms with Gasteiger partial charge in [-0.05, 0) is 36.2 Å². The van der Waals surface area contributed by atoms with Crippen LogP contribution in [0.1, 0.15) is 28.4 Å². The topological polar surface area (TPSA) is 93.4 Å². The van der Waals surface area contributed by atoms with E-state index in [0.717, 1.165) is 16.5 Å². The van der Waals surface area contributed by atoms with Gasteiger partial charge in [-0.15, -0.1) is 0 Å². The lowest BCUT2D eigenvalue weighted by Crippen LogP contribution is -2.54. The number of carbonyl (C=O) groups is 2. The van der Waals surface area contributed by atoms with Gasteiger partial charge in [0.2, 0.25) is 5.91 Å². The van der Waals surface area contributed by atoms with Gasteiger partial charge in [-0.2, -0.15) is 0 Å². The molecule has 4 heterocycles. The number of fused-ring (bicyclic) bond motifs is 1. The maximum absolute atomic E-state index is 13.0. The Balaban J connectivity index is 1.19. The van der Waals surface area contributed by atoms with Gasteiger partial charge >= 0.3 is 0 Å². The monoisotopic (exact) mass is 404 g/mol. The summed E-state index contributed by atoms with van der Waals surface area (Å²) in [5.41, 5.74) is 9.05. The molecule has 3 aromatic rings. The Bertz CT molecular complexity index is 1060. The second-order valence-corrected chi connectivity index (χ2v) is 7.78. The minimum atomic E-state index is -0.272. The molecular formula is C22H24N6O2. The van der Waals surface area contributed by atoms with Crippen molar-refractivity contribution in [3.05, 3.63) is 66.1 Å². The fourth-order valence-electron chi connectivity index (χ4n) is 4.31. The predicted molar refractivity (Wildman–Crippen MR) is 112 cm³/mol. The number of piperazine rings is 1. The zero-order chi connectivity index (χ0) is 20.5. The van der Waals surface area contributed by atoms with Crippen molar-refractivity contribution in [1.29, 1.82) is 0 Å². The van der Waals surface area contributed by atoms with Crippen LogP contribution in [0, 0.1) is 0 Å². The number of rotatable bonds is 3. The number of amides is 2. The molecule has 0 spiro atoms. The average molecular weight is 404 g/mol. The van der Waals surface area contributed by atoms with Gasteiger partial charge < -0.3 is 14.8 Å². The number of pyridine rings is 1. The van der Waals surface area contributed by atoms with Crippen molar-refractivity contribution in [3.63, 3.8) is 0 Å². The van der Waals surface area contributed by atoms with E-state index in [1.807, 2.05) is 58.6 Å².